The molecule has 0 aliphatic rings. The smallest absolute Gasteiger partial charge is 0.255 e. The van der Waals surface area contributed by atoms with Crippen molar-refractivity contribution in [1.29, 1.82) is 0 Å². The standard InChI is InChI=1S/C20H16ClNO2/c1-13-5-8-17(12-19(13)21)22-20(24)16-4-2-3-15(11-16)14-6-9-18(23)10-7-14/h2-12,23H,1H3,(H,22,24). The number of hydrogen-bond donors (Lipinski definition) is 2. The quantitative estimate of drug-likeness (QED) is 0.683. The molecule has 3 nitrogen and oxygen atoms in total. The van der Waals surface area contributed by atoms with Gasteiger partial charge >= 0.3 is 0 Å². The number of hydrogen-bond acceptors (Lipinski definition) is 2. The van der Waals surface area contributed by atoms with E-state index in [1.807, 2.05) is 49.4 Å². The summed E-state index contributed by atoms with van der Waals surface area (Å²) >= 11 is 6.09. The predicted octanol–water partition coefficient (Wildman–Crippen LogP) is 5.27. The van der Waals surface area contributed by atoms with Crippen LogP contribution in [0.5, 0.6) is 5.75 Å². The number of carbonyl (C=O) groups excluding carboxylic acids is 1. The second kappa shape index (κ2) is 6.77. The molecule has 0 fully saturated rings. The largest absolute Gasteiger partial charge is 0.508 e. The normalized spacial score (nSPS) is 10.4. The van der Waals surface area contributed by atoms with Crippen molar-refractivity contribution in [3.8, 4) is 16.9 Å². The van der Waals surface area contributed by atoms with Gasteiger partial charge in [-0.1, -0.05) is 41.9 Å². The van der Waals surface area contributed by atoms with Crippen LogP contribution in [0.15, 0.2) is 66.7 Å². The van der Waals surface area contributed by atoms with E-state index in [9.17, 15) is 9.90 Å². The Morgan fingerprint density at radius 2 is 1.71 bits per heavy atom. The first-order valence-corrected chi connectivity index (χ1v) is 7.88. The maximum Gasteiger partial charge on any atom is 0.255 e. The number of aryl methyl sites for hydroxylation is 1. The molecule has 0 heterocycles. The van der Waals surface area contributed by atoms with Gasteiger partial charge in [-0.2, -0.15) is 0 Å². The summed E-state index contributed by atoms with van der Waals surface area (Å²) in [6, 6.07) is 19.6. The lowest BCUT2D eigenvalue weighted by molar-refractivity contribution is 0.102. The fourth-order valence-corrected chi connectivity index (χ4v) is 2.55. The number of phenols is 1. The lowest BCUT2D eigenvalue weighted by Crippen LogP contribution is -2.11. The molecule has 1 amide bonds. The van der Waals surface area contributed by atoms with Crippen LogP contribution in [0.2, 0.25) is 5.02 Å². The van der Waals surface area contributed by atoms with Gasteiger partial charge in [-0.05, 0) is 60.0 Å². The van der Waals surface area contributed by atoms with E-state index in [-0.39, 0.29) is 11.7 Å². The van der Waals surface area contributed by atoms with Crippen molar-refractivity contribution >= 4 is 23.2 Å². The van der Waals surface area contributed by atoms with Crippen molar-refractivity contribution in [1.82, 2.24) is 0 Å². The Labute approximate surface area is 145 Å². The fraction of sp³-hybridized carbons (Fsp3) is 0.0500. The molecule has 3 aromatic rings. The molecular weight excluding hydrogens is 322 g/mol. The fourth-order valence-electron chi connectivity index (χ4n) is 2.37. The Balaban J connectivity index is 1.83. The molecule has 0 aromatic heterocycles. The zero-order valence-corrected chi connectivity index (χ0v) is 13.8. The molecule has 4 heteroatoms. The van der Waals surface area contributed by atoms with Gasteiger partial charge in [0.05, 0.1) is 0 Å². The minimum Gasteiger partial charge on any atom is -0.508 e. The lowest BCUT2D eigenvalue weighted by atomic mass is 10.0. The van der Waals surface area contributed by atoms with Crippen molar-refractivity contribution < 1.29 is 9.90 Å². The van der Waals surface area contributed by atoms with E-state index in [4.69, 9.17) is 11.6 Å². The number of nitrogens with one attached hydrogen (secondary N) is 1. The van der Waals surface area contributed by atoms with Gasteiger partial charge in [-0.3, -0.25) is 4.79 Å². The van der Waals surface area contributed by atoms with Crippen LogP contribution in [-0.4, -0.2) is 11.0 Å². The highest BCUT2D eigenvalue weighted by Gasteiger charge is 2.08. The van der Waals surface area contributed by atoms with Crippen LogP contribution in [0.25, 0.3) is 11.1 Å². The van der Waals surface area contributed by atoms with Gasteiger partial charge in [-0.25, -0.2) is 0 Å². The summed E-state index contributed by atoms with van der Waals surface area (Å²) in [6.45, 7) is 1.91. The third-order valence-electron chi connectivity index (χ3n) is 3.76. The average molecular weight is 338 g/mol. The molecule has 0 spiro atoms. The molecule has 3 rings (SSSR count). The summed E-state index contributed by atoms with van der Waals surface area (Å²) in [5.41, 5.74) is 4.01. The number of amides is 1. The Morgan fingerprint density at radius 1 is 0.958 bits per heavy atom. The van der Waals surface area contributed by atoms with Crippen LogP contribution in [0.3, 0.4) is 0 Å². The van der Waals surface area contributed by atoms with Crippen LogP contribution in [-0.2, 0) is 0 Å². The van der Waals surface area contributed by atoms with Crippen molar-refractivity contribution in [2.24, 2.45) is 0 Å². The highest BCUT2D eigenvalue weighted by molar-refractivity contribution is 6.31. The maximum atomic E-state index is 12.5. The van der Waals surface area contributed by atoms with E-state index >= 15 is 0 Å². The summed E-state index contributed by atoms with van der Waals surface area (Å²) in [7, 11) is 0. The molecule has 0 bridgehead atoms. The molecule has 0 saturated carbocycles. The second-order valence-electron chi connectivity index (χ2n) is 5.55. The van der Waals surface area contributed by atoms with Gasteiger partial charge < -0.3 is 10.4 Å². The number of anilines is 1. The summed E-state index contributed by atoms with van der Waals surface area (Å²) in [5, 5.41) is 12.8. The third-order valence-corrected chi connectivity index (χ3v) is 4.16. The van der Waals surface area contributed by atoms with E-state index in [0.29, 0.717) is 16.3 Å². The van der Waals surface area contributed by atoms with Crippen LogP contribution >= 0.6 is 11.6 Å². The molecule has 0 unspecified atom stereocenters. The maximum absolute atomic E-state index is 12.5. The molecule has 24 heavy (non-hydrogen) atoms. The van der Waals surface area contributed by atoms with Crippen LogP contribution < -0.4 is 5.32 Å². The Kier molecular flexibility index (Phi) is 4.54. The number of carbonyl (C=O) groups is 1. The number of benzene rings is 3. The Morgan fingerprint density at radius 3 is 2.42 bits per heavy atom. The van der Waals surface area contributed by atoms with Gasteiger partial charge in [0.25, 0.3) is 5.91 Å². The van der Waals surface area contributed by atoms with Gasteiger partial charge in [-0.15, -0.1) is 0 Å². The first-order valence-electron chi connectivity index (χ1n) is 7.50. The van der Waals surface area contributed by atoms with Crippen molar-refractivity contribution in [3.63, 3.8) is 0 Å². The SMILES string of the molecule is Cc1ccc(NC(=O)c2cccc(-c3ccc(O)cc3)c2)cc1Cl. The molecule has 120 valence electrons. The molecule has 0 radical (unpaired) electrons. The van der Waals surface area contributed by atoms with Crippen LogP contribution in [0, 0.1) is 6.92 Å². The van der Waals surface area contributed by atoms with E-state index in [1.54, 1.807) is 24.3 Å². The average Bonchev–Trinajstić information content (AvgIpc) is 2.59. The number of halogens is 1. The molecular formula is C20H16ClNO2. The van der Waals surface area contributed by atoms with Crippen molar-refractivity contribution in [3.05, 3.63) is 82.9 Å². The second-order valence-corrected chi connectivity index (χ2v) is 5.95. The number of rotatable bonds is 3. The van der Waals surface area contributed by atoms with E-state index < -0.39 is 0 Å². The minimum atomic E-state index is -0.199. The van der Waals surface area contributed by atoms with Crippen molar-refractivity contribution in [2.75, 3.05) is 5.32 Å². The summed E-state index contributed by atoms with van der Waals surface area (Å²) in [5.74, 6) is 0.0134. The summed E-state index contributed by atoms with van der Waals surface area (Å²) in [6.07, 6.45) is 0. The van der Waals surface area contributed by atoms with E-state index in [0.717, 1.165) is 16.7 Å². The predicted molar refractivity (Wildman–Crippen MR) is 97.7 cm³/mol. The zero-order chi connectivity index (χ0) is 17.1. The van der Waals surface area contributed by atoms with Crippen LogP contribution in [0.1, 0.15) is 15.9 Å². The van der Waals surface area contributed by atoms with E-state index in [2.05, 4.69) is 5.32 Å². The highest BCUT2D eigenvalue weighted by Crippen LogP contribution is 2.24. The van der Waals surface area contributed by atoms with Gasteiger partial charge in [0, 0.05) is 16.3 Å². The molecule has 2 N–H and O–H groups in total. The Hall–Kier alpha value is -2.78. The third kappa shape index (κ3) is 3.58. The molecule has 0 aliphatic heterocycles. The number of aromatic hydroxyl groups is 1. The molecule has 0 aliphatic carbocycles. The first-order chi connectivity index (χ1) is 11.5. The minimum absolute atomic E-state index is 0.199. The zero-order valence-electron chi connectivity index (χ0n) is 13.1. The van der Waals surface area contributed by atoms with E-state index in [1.165, 1.54) is 0 Å². The lowest BCUT2D eigenvalue weighted by Gasteiger charge is -2.08. The van der Waals surface area contributed by atoms with Gasteiger partial charge in [0.2, 0.25) is 0 Å². The highest BCUT2D eigenvalue weighted by atomic mass is 35.5. The van der Waals surface area contributed by atoms with Gasteiger partial charge in [0.15, 0.2) is 0 Å². The molecule has 3 aromatic carbocycles. The first kappa shape index (κ1) is 16.1. The topological polar surface area (TPSA) is 49.3 Å². The Bertz CT molecular complexity index is 888. The summed E-state index contributed by atoms with van der Waals surface area (Å²) < 4.78 is 0. The van der Waals surface area contributed by atoms with Crippen molar-refractivity contribution in [2.45, 2.75) is 6.92 Å². The monoisotopic (exact) mass is 337 g/mol. The van der Waals surface area contributed by atoms with Gasteiger partial charge in [0.1, 0.15) is 5.75 Å². The van der Waals surface area contributed by atoms with Crippen LogP contribution in [0.4, 0.5) is 5.69 Å². The summed E-state index contributed by atoms with van der Waals surface area (Å²) in [4.78, 5) is 12.5. The molecule has 0 saturated heterocycles. The molecule has 0 atom stereocenters. The number of phenolic OH excluding ortho intramolecular Hbond substituents is 1.